The topological polar surface area (TPSA) is 40.5 Å². The number of aliphatic hydroxyl groups is 1. The lowest BCUT2D eigenvalue weighted by molar-refractivity contribution is 0.0765. The highest BCUT2D eigenvalue weighted by Gasteiger charge is 2.26. The van der Waals surface area contributed by atoms with Gasteiger partial charge in [0, 0.05) is 13.1 Å². The van der Waals surface area contributed by atoms with E-state index >= 15 is 0 Å². The molecule has 1 aromatic rings. The summed E-state index contributed by atoms with van der Waals surface area (Å²) in [6.45, 7) is 1.01. The second-order valence-electron chi connectivity index (χ2n) is 3.67. The molecular weight excluding hydrogens is 214 g/mol. The van der Waals surface area contributed by atoms with Crippen LogP contribution in [0.2, 0.25) is 5.02 Å². The van der Waals surface area contributed by atoms with Crippen molar-refractivity contribution >= 4 is 17.5 Å². The van der Waals surface area contributed by atoms with Crippen molar-refractivity contribution in [2.45, 2.75) is 12.5 Å². The van der Waals surface area contributed by atoms with E-state index in [9.17, 15) is 9.90 Å². The summed E-state index contributed by atoms with van der Waals surface area (Å²) in [7, 11) is 0. The smallest absolute Gasteiger partial charge is 0.255 e. The van der Waals surface area contributed by atoms with Gasteiger partial charge in [0.2, 0.25) is 0 Å². The van der Waals surface area contributed by atoms with Gasteiger partial charge in [0.15, 0.2) is 0 Å². The zero-order chi connectivity index (χ0) is 10.8. The van der Waals surface area contributed by atoms with Crippen LogP contribution in [-0.4, -0.2) is 35.1 Å². The molecule has 15 heavy (non-hydrogen) atoms. The highest BCUT2D eigenvalue weighted by Crippen LogP contribution is 2.19. The van der Waals surface area contributed by atoms with Crippen LogP contribution in [0.25, 0.3) is 0 Å². The number of halogens is 1. The molecule has 1 aliphatic heterocycles. The molecule has 1 aliphatic rings. The van der Waals surface area contributed by atoms with Crippen LogP contribution in [0.1, 0.15) is 16.8 Å². The average Bonchev–Trinajstić information content (AvgIpc) is 2.65. The van der Waals surface area contributed by atoms with Crippen molar-refractivity contribution in [2.75, 3.05) is 13.1 Å². The summed E-state index contributed by atoms with van der Waals surface area (Å²) in [6, 6.07) is 6.97. The maximum absolute atomic E-state index is 11.9. The number of amides is 1. The Morgan fingerprint density at radius 2 is 2.20 bits per heavy atom. The van der Waals surface area contributed by atoms with E-state index < -0.39 is 6.10 Å². The lowest BCUT2D eigenvalue weighted by Crippen LogP contribution is -2.29. The Bertz CT molecular complexity index is 381. The molecule has 1 atom stereocenters. The van der Waals surface area contributed by atoms with Crippen molar-refractivity contribution in [2.24, 2.45) is 0 Å². The molecule has 1 saturated heterocycles. The summed E-state index contributed by atoms with van der Waals surface area (Å²) in [4.78, 5) is 13.6. The highest BCUT2D eigenvalue weighted by molar-refractivity contribution is 6.33. The maximum Gasteiger partial charge on any atom is 0.255 e. The van der Waals surface area contributed by atoms with E-state index in [2.05, 4.69) is 0 Å². The van der Waals surface area contributed by atoms with Crippen LogP contribution in [0.3, 0.4) is 0 Å². The van der Waals surface area contributed by atoms with E-state index in [-0.39, 0.29) is 5.91 Å². The minimum atomic E-state index is -0.392. The first-order valence-electron chi connectivity index (χ1n) is 4.90. The molecular formula is C11H12ClNO2. The molecule has 0 unspecified atom stereocenters. The molecule has 1 aromatic carbocycles. The van der Waals surface area contributed by atoms with Gasteiger partial charge in [-0.1, -0.05) is 23.7 Å². The first-order valence-corrected chi connectivity index (χ1v) is 5.28. The quantitative estimate of drug-likeness (QED) is 0.788. The zero-order valence-corrected chi connectivity index (χ0v) is 8.94. The van der Waals surface area contributed by atoms with E-state index in [4.69, 9.17) is 11.6 Å². The van der Waals surface area contributed by atoms with Crippen molar-refractivity contribution < 1.29 is 9.90 Å². The molecule has 3 nitrogen and oxygen atoms in total. The summed E-state index contributed by atoms with van der Waals surface area (Å²) in [5.41, 5.74) is 0.508. The normalized spacial score (nSPS) is 20.7. The van der Waals surface area contributed by atoms with Crippen LogP contribution >= 0.6 is 11.6 Å². The van der Waals surface area contributed by atoms with Crippen LogP contribution in [0.5, 0.6) is 0 Å². The maximum atomic E-state index is 11.9. The van der Waals surface area contributed by atoms with E-state index in [1.807, 2.05) is 0 Å². The summed E-state index contributed by atoms with van der Waals surface area (Å²) < 4.78 is 0. The first kappa shape index (κ1) is 10.5. The van der Waals surface area contributed by atoms with Crippen molar-refractivity contribution in [1.29, 1.82) is 0 Å². The third-order valence-corrected chi connectivity index (χ3v) is 2.88. The summed E-state index contributed by atoms with van der Waals surface area (Å²) in [5.74, 6) is -0.0999. The van der Waals surface area contributed by atoms with Crippen molar-refractivity contribution in [3.05, 3.63) is 34.9 Å². The van der Waals surface area contributed by atoms with Crippen molar-refractivity contribution in [1.82, 2.24) is 4.90 Å². The molecule has 1 N–H and O–H groups in total. The summed E-state index contributed by atoms with van der Waals surface area (Å²) in [6.07, 6.45) is 0.257. The monoisotopic (exact) mass is 225 g/mol. The largest absolute Gasteiger partial charge is 0.391 e. The Labute approximate surface area is 93.3 Å². The van der Waals surface area contributed by atoms with E-state index in [1.54, 1.807) is 29.2 Å². The van der Waals surface area contributed by atoms with Crippen LogP contribution in [-0.2, 0) is 0 Å². The zero-order valence-electron chi connectivity index (χ0n) is 8.19. The minimum absolute atomic E-state index is 0.0999. The molecule has 1 amide bonds. The van der Waals surface area contributed by atoms with Crippen LogP contribution in [0.4, 0.5) is 0 Å². The van der Waals surface area contributed by atoms with Gasteiger partial charge in [0.05, 0.1) is 16.7 Å². The van der Waals surface area contributed by atoms with Gasteiger partial charge in [-0.05, 0) is 18.6 Å². The minimum Gasteiger partial charge on any atom is -0.391 e. The Morgan fingerprint density at radius 1 is 1.47 bits per heavy atom. The van der Waals surface area contributed by atoms with Crippen molar-refractivity contribution in [3.63, 3.8) is 0 Å². The fourth-order valence-electron chi connectivity index (χ4n) is 1.73. The molecule has 0 spiro atoms. The molecule has 2 rings (SSSR count). The standard InChI is InChI=1S/C11H12ClNO2/c12-10-4-2-1-3-9(10)11(15)13-6-5-8(14)7-13/h1-4,8,14H,5-7H2/t8-/m0/s1. The molecule has 1 fully saturated rings. The molecule has 80 valence electrons. The molecule has 4 heteroatoms. The fourth-order valence-corrected chi connectivity index (χ4v) is 1.95. The number of aliphatic hydroxyl groups excluding tert-OH is 1. The highest BCUT2D eigenvalue weighted by atomic mass is 35.5. The first-order chi connectivity index (χ1) is 7.18. The Kier molecular flexibility index (Phi) is 2.93. The van der Waals surface area contributed by atoms with Crippen molar-refractivity contribution in [3.8, 4) is 0 Å². The fraction of sp³-hybridized carbons (Fsp3) is 0.364. The van der Waals surface area contributed by atoms with E-state index in [0.29, 0.717) is 30.1 Å². The molecule has 0 aliphatic carbocycles. The second-order valence-corrected chi connectivity index (χ2v) is 4.08. The number of carbonyl (C=O) groups is 1. The van der Waals surface area contributed by atoms with Gasteiger partial charge in [-0.2, -0.15) is 0 Å². The van der Waals surface area contributed by atoms with Gasteiger partial charge < -0.3 is 10.0 Å². The van der Waals surface area contributed by atoms with Crippen LogP contribution in [0, 0.1) is 0 Å². The molecule has 1 heterocycles. The lowest BCUT2D eigenvalue weighted by Gasteiger charge is -2.16. The third kappa shape index (κ3) is 2.13. The lowest BCUT2D eigenvalue weighted by atomic mass is 10.2. The van der Waals surface area contributed by atoms with Gasteiger partial charge in [-0.3, -0.25) is 4.79 Å². The number of likely N-dealkylation sites (tertiary alicyclic amines) is 1. The SMILES string of the molecule is O=C(c1ccccc1Cl)N1CC[C@H](O)C1. The van der Waals surface area contributed by atoms with Crippen LogP contribution in [0.15, 0.2) is 24.3 Å². The predicted molar refractivity (Wildman–Crippen MR) is 58.0 cm³/mol. The third-order valence-electron chi connectivity index (χ3n) is 2.55. The predicted octanol–water partition coefficient (Wildman–Crippen LogP) is 1.55. The second kappa shape index (κ2) is 4.21. The summed E-state index contributed by atoms with van der Waals surface area (Å²) >= 11 is 5.92. The van der Waals surface area contributed by atoms with Gasteiger partial charge >= 0.3 is 0 Å². The molecule has 0 radical (unpaired) electrons. The molecule has 0 bridgehead atoms. The number of hydrogen-bond acceptors (Lipinski definition) is 2. The van der Waals surface area contributed by atoms with Gasteiger partial charge in [-0.15, -0.1) is 0 Å². The van der Waals surface area contributed by atoms with Gasteiger partial charge in [0.1, 0.15) is 0 Å². The van der Waals surface area contributed by atoms with Gasteiger partial charge in [0.25, 0.3) is 5.91 Å². The van der Waals surface area contributed by atoms with Gasteiger partial charge in [-0.25, -0.2) is 0 Å². The Balaban J connectivity index is 2.18. The Hall–Kier alpha value is -1.06. The van der Waals surface area contributed by atoms with E-state index in [0.717, 1.165) is 0 Å². The molecule has 0 aromatic heterocycles. The number of hydrogen-bond donors (Lipinski definition) is 1. The number of nitrogens with zero attached hydrogens (tertiary/aromatic N) is 1. The summed E-state index contributed by atoms with van der Waals surface area (Å²) in [5, 5.41) is 9.80. The average molecular weight is 226 g/mol. The molecule has 0 saturated carbocycles. The Morgan fingerprint density at radius 3 is 2.80 bits per heavy atom. The van der Waals surface area contributed by atoms with Crippen LogP contribution < -0.4 is 0 Å². The number of carbonyl (C=O) groups excluding carboxylic acids is 1. The van der Waals surface area contributed by atoms with E-state index in [1.165, 1.54) is 0 Å². The number of β-amino-alcohol motifs (C(OH)–C–C–N with tert-alkyl or cyclic N) is 1. The number of rotatable bonds is 1. The number of benzene rings is 1.